The van der Waals surface area contributed by atoms with E-state index in [0.717, 1.165) is 19.5 Å². The van der Waals surface area contributed by atoms with E-state index in [1.54, 1.807) is 35.7 Å². The van der Waals surface area contributed by atoms with Gasteiger partial charge in [0.1, 0.15) is 5.75 Å². The monoisotopic (exact) mass is 310 g/mol. The molecule has 0 radical (unpaired) electrons. The summed E-state index contributed by atoms with van der Waals surface area (Å²) in [5, 5.41) is 0. The van der Waals surface area contributed by atoms with Crippen molar-refractivity contribution in [3.8, 4) is 5.75 Å². The Morgan fingerprint density at radius 1 is 1.10 bits per heavy atom. The lowest BCUT2D eigenvalue weighted by atomic mass is 10.2. The Bertz CT molecular complexity index is 579. The summed E-state index contributed by atoms with van der Waals surface area (Å²) in [7, 11) is -1.80. The van der Waals surface area contributed by atoms with Crippen LogP contribution in [0.4, 0.5) is 0 Å². The molecule has 1 unspecified atom stereocenters. The van der Waals surface area contributed by atoms with E-state index in [4.69, 9.17) is 4.74 Å². The average molecular weight is 310 g/mol. The molecule has 2 heterocycles. The van der Waals surface area contributed by atoms with Crippen LogP contribution in [0.1, 0.15) is 19.3 Å². The molecule has 1 aromatic rings. The van der Waals surface area contributed by atoms with Gasteiger partial charge in [0.25, 0.3) is 0 Å². The standard InChI is InChI=1S/C15H22N2O3S/c1-20-14-4-6-15(7-5-14)21(18,19)17-11-8-13(12-17)16-9-2-3-10-16/h4-7,13H,2-3,8-12H2,1H3. The molecule has 5 nitrogen and oxygen atoms in total. The zero-order valence-corrected chi connectivity index (χ0v) is 13.2. The zero-order valence-electron chi connectivity index (χ0n) is 12.4. The van der Waals surface area contributed by atoms with Crippen LogP contribution >= 0.6 is 0 Å². The molecule has 6 heteroatoms. The van der Waals surface area contributed by atoms with Crippen molar-refractivity contribution in [2.75, 3.05) is 33.3 Å². The van der Waals surface area contributed by atoms with Crippen LogP contribution in [0.25, 0.3) is 0 Å². The van der Waals surface area contributed by atoms with Crippen LogP contribution in [0.5, 0.6) is 5.75 Å². The predicted molar refractivity (Wildman–Crippen MR) is 81.0 cm³/mol. The van der Waals surface area contributed by atoms with E-state index >= 15 is 0 Å². The Kier molecular flexibility index (Phi) is 4.19. The lowest BCUT2D eigenvalue weighted by Gasteiger charge is -2.23. The molecule has 0 spiro atoms. The van der Waals surface area contributed by atoms with Gasteiger partial charge in [0.15, 0.2) is 0 Å². The van der Waals surface area contributed by atoms with Gasteiger partial charge in [-0.05, 0) is 56.6 Å². The van der Waals surface area contributed by atoms with Crippen molar-refractivity contribution >= 4 is 10.0 Å². The third-order valence-electron chi connectivity index (χ3n) is 4.48. The smallest absolute Gasteiger partial charge is 0.243 e. The number of nitrogens with zero attached hydrogens (tertiary/aromatic N) is 2. The Hall–Kier alpha value is -1.11. The van der Waals surface area contributed by atoms with Gasteiger partial charge in [-0.3, -0.25) is 4.90 Å². The van der Waals surface area contributed by atoms with E-state index in [2.05, 4.69) is 4.90 Å². The highest BCUT2D eigenvalue weighted by atomic mass is 32.2. The zero-order chi connectivity index (χ0) is 14.9. The van der Waals surface area contributed by atoms with Crippen LogP contribution in [0, 0.1) is 0 Å². The minimum Gasteiger partial charge on any atom is -0.497 e. The second kappa shape index (κ2) is 5.94. The summed E-state index contributed by atoms with van der Waals surface area (Å²) in [6.07, 6.45) is 3.42. The first-order valence-corrected chi connectivity index (χ1v) is 8.93. The first-order chi connectivity index (χ1) is 10.1. The maximum absolute atomic E-state index is 12.7. The van der Waals surface area contributed by atoms with Crippen molar-refractivity contribution in [3.05, 3.63) is 24.3 Å². The minimum atomic E-state index is -3.38. The van der Waals surface area contributed by atoms with Crippen LogP contribution in [0.2, 0.25) is 0 Å². The normalized spacial score (nSPS) is 24.5. The number of likely N-dealkylation sites (tertiary alicyclic amines) is 1. The van der Waals surface area contributed by atoms with Crippen molar-refractivity contribution < 1.29 is 13.2 Å². The highest BCUT2D eigenvalue weighted by Gasteiger charge is 2.35. The van der Waals surface area contributed by atoms with Crippen molar-refractivity contribution in [3.63, 3.8) is 0 Å². The molecule has 0 aromatic heterocycles. The molecule has 2 saturated heterocycles. The van der Waals surface area contributed by atoms with Crippen molar-refractivity contribution in [1.29, 1.82) is 0 Å². The van der Waals surface area contributed by atoms with E-state index in [9.17, 15) is 8.42 Å². The van der Waals surface area contributed by atoms with Crippen LogP contribution in [0.15, 0.2) is 29.2 Å². The first-order valence-electron chi connectivity index (χ1n) is 7.49. The number of hydrogen-bond acceptors (Lipinski definition) is 4. The molecule has 0 bridgehead atoms. The third-order valence-corrected chi connectivity index (χ3v) is 6.36. The number of benzene rings is 1. The van der Waals surface area contributed by atoms with Gasteiger partial charge in [-0.15, -0.1) is 0 Å². The molecule has 1 aromatic carbocycles. The summed E-state index contributed by atoms with van der Waals surface area (Å²) >= 11 is 0. The number of hydrogen-bond donors (Lipinski definition) is 0. The summed E-state index contributed by atoms with van der Waals surface area (Å²) in [4.78, 5) is 2.79. The summed E-state index contributed by atoms with van der Waals surface area (Å²) in [5.41, 5.74) is 0. The van der Waals surface area contributed by atoms with Crippen molar-refractivity contribution in [2.45, 2.75) is 30.2 Å². The predicted octanol–water partition coefficient (Wildman–Crippen LogP) is 1.55. The summed E-state index contributed by atoms with van der Waals surface area (Å²) < 4.78 is 32.0. The van der Waals surface area contributed by atoms with Gasteiger partial charge >= 0.3 is 0 Å². The van der Waals surface area contributed by atoms with Gasteiger partial charge < -0.3 is 4.74 Å². The average Bonchev–Trinajstić information content (AvgIpc) is 3.18. The van der Waals surface area contributed by atoms with E-state index < -0.39 is 10.0 Å². The Balaban J connectivity index is 1.72. The molecule has 116 valence electrons. The number of rotatable bonds is 4. The largest absolute Gasteiger partial charge is 0.497 e. The van der Waals surface area contributed by atoms with E-state index in [1.165, 1.54) is 12.8 Å². The third kappa shape index (κ3) is 2.93. The van der Waals surface area contributed by atoms with E-state index in [1.807, 2.05) is 0 Å². The Labute approximate surface area is 126 Å². The molecular formula is C15H22N2O3S. The molecule has 2 fully saturated rings. The summed E-state index contributed by atoms with van der Waals surface area (Å²) in [5.74, 6) is 0.672. The SMILES string of the molecule is COc1ccc(S(=O)(=O)N2CCC(N3CCCC3)C2)cc1. The van der Waals surface area contributed by atoms with Crippen molar-refractivity contribution in [1.82, 2.24) is 9.21 Å². The van der Waals surface area contributed by atoms with E-state index in [0.29, 0.717) is 29.8 Å². The van der Waals surface area contributed by atoms with Crippen LogP contribution in [-0.4, -0.2) is 57.0 Å². The Morgan fingerprint density at radius 2 is 1.76 bits per heavy atom. The summed E-state index contributed by atoms with van der Waals surface area (Å²) in [6, 6.07) is 7.02. The fourth-order valence-corrected chi connectivity index (χ4v) is 4.72. The molecule has 2 aliphatic heterocycles. The second-order valence-corrected chi connectivity index (χ2v) is 7.66. The highest BCUT2D eigenvalue weighted by Crippen LogP contribution is 2.26. The molecule has 1 atom stereocenters. The van der Waals surface area contributed by atoms with Crippen LogP contribution < -0.4 is 4.74 Å². The maximum atomic E-state index is 12.7. The molecule has 21 heavy (non-hydrogen) atoms. The molecule has 0 aliphatic carbocycles. The minimum absolute atomic E-state index is 0.352. The van der Waals surface area contributed by atoms with Gasteiger partial charge in [0.05, 0.1) is 12.0 Å². The first kappa shape index (κ1) is 14.8. The second-order valence-electron chi connectivity index (χ2n) is 5.72. The fraction of sp³-hybridized carbons (Fsp3) is 0.600. The van der Waals surface area contributed by atoms with Gasteiger partial charge in [-0.25, -0.2) is 8.42 Å². The number of sulfonamides is 1. The molecule has 0 N–H and O–H groups in total. The van der Waals surface area contributed by atoms with Crippen LogP contribution in [-0.2, 0) is 10.0 Å². The Morgan fingerprint density at radius 3 is 2.38 bits per heavy atom. The van der Waals surface area contributed by atoms with Gasteiger partial charge in [0, 0.05) is 19.1 Å². The molecule has 0 saturated carbocycles. The molecule has 2 aliphatic rings. The quantitative estimate of drug-likeness (QED) is 0.847. The van der Waals surface area contributed by atoms with E-state index in [-0.39, 0.29) is 0 Å². The van der Waals surface area contributed by atoms with Gasteiger partial charge in [0.2, 0.25) is 10.0 Å². The van der Waals surface area contributed by atoms with Gasteiger partial charge in [-0.1, -0.05) is 0 Å². The topological polar surface area (TPSA) is 49.9 Å². The number of ether oxygens (including phenoxy) is 1. The summed E-state index contributed by atoms with van der Waals surface area (Å²) in [6.45, 7) is 3.46. The van der Waals surface area contributed by atoms with Gasteiger partial charge in [-0.2, -0.15) is 4.31 Å². The number of methoxy groups -OCH3 is 1. The highest BCUT2D eigenvalue weighted by molar-refractivity contribution is 7.89. The molecule has 0 amide bonds. The maximum Gasteiger partial charge on any atom is 0.243 e. The fourth-order valence-electron chi connectivity index (χ4n) is 3.23. The lowest BCUT2D eigenvalue weighted by molar-refractivity contribution is 0.251. The van der Waals surface area contributed by atoms with Crippen molar-refractivity contribution in [2.24, 2.45) is 0 Å². The molecule has 3 rings (SSSR count). The lowest BCUT2D eigenvalue weighted by Crippen LogP contribution is -2.37. The van der Waals surface area contributed by atoms with Crippen LogP contribution in [0.3, 0.4) is 0 Å². The molecular weight excluding hydrogens is 288 g/mol.